The van der Waals surface area contributed by atoms with E-state index in [-0.39, 0.29) is 22.3 Å². The number of fused-ring (bicyclic) bond motifs is 1. The van der Waals surface area contributed by atoms with Crippen molar-refractivity contribution in [2.45, 2.75) is 25.6 Å². The van der Waals surface area contributed by atoms with E-state index >= 15 is 0 Å². The van der Waals surface area contributed by atoms with Gasteiger partial charge in [0.05, 0.1) is 15.9 Å². The molecule has 0 saturated carbocycles. The van der Waals surface area contributed by atoms with Crippen LogP contribution in [0.3, 0.4) is 0 Å². The fourth-order valence-corrected chi connectivity index (χ4v) is 4.00. The monoisotopic (exact) mass is 392 g/mol. The van der Waals surface area contributed by atoms with Crippen LogP contribution in [0.25, 0.3) is 0 Å². The van der Waals surface area contributed by atoms with Crippen molar-refractivity contribution in [2.24, 2.45) is 0 Å². The van der Waals surface area contributed by atoms with Gasteiger partial charge in [-0.15, -0.1) is 0 Å². The molecular weight excluding hydrogens is 372 g/mol. The molecule has 8 nitrogen and oxygen atoms in total. The number of nitro benzene ring substituents is 2. The van der Waals surface area contributed by atoms with Crippen molar-refractivity contribution in [1.82, 2.24) is 9.47 Å². The van der Waals surface area contributed by atoms with Gasteiger partial charge in [0.15, 0.2) is 0 Å². The quantitative estimate of drug-likeness (QED) is 0.477. The molecule has 0 spiro atoms. The van der Waals surface area contributed by atoms with Gasteiger partial charge in [-0.3, -0.25) is 25.1 Å². The predicted molar refractivity (Wildman–Crippen MR) is 107 cm³/mol. The van der Waals surface area contributed by atoms with Crippen LogP contribution in [0.5, 0.6) is 0 Å². The molecule has 0 amide bonds. The maximum absolute atomic E-state index is 11.3. The summed E-state index contributed by atoms with van der Waals surface area (Å²) in [5.41, 5.74) is 2.86. The molecule has 0 bridgehead atoms. The van der Waals surface area contributed by atoms with Crippen LogP contribution in [0.4, 0.5) is 11.4 Å². The highest BCUT2D eigenvalue weighted by atomic mass is 16.6. The number of non-ortho nitro benzene ring substituents is 2. The van der Waals surface area contributed by atoms with Gasteiger partial charge in [0.2, 0.25) is 0 Å². The molecule has 4 rings (SSSR count). The fourth-order valence-electron chi connectivity index (χ4n) is 4.00. The summed E-state index contributed by atoms with van der Waals surface area (Å²) in [6.45, 7) is 2.15. The number of rotatable bonds is 5. The highest BCUT2D eigenvalue weighted by Crippen LogP contribution is 2.34. The van der Waals surface area contributed by atoms with Crippen molar-refractivity contribution < 1.29 is 9.85 Å². The van der Waals surface area contributed by atoms with Crippen molar-refractivity contribution in [2.75, 3.05) is 6.54 Å². The van der Waals surface area contributed by atoms with Gasteiger partial charge in [-0.05, 0) is 29.7 Å². The summed E-state index contributed by atoms with van der Waals surface area (Å²) in [5, 5.41) is 22.4. The molecule has 29 heavy (non-hydrogen) atoms. The van der Waals surface area contributed by atoms with E-state index < -0.39 is 4.92 Å². The maximum atomic E-state index is 11.3. The Labute approximate surface area is 167 Å². The molecule has 8 heteroatoms. The molecule has 0 fully saturated rings. The van der Waals surface area contributed by atoms with Crippen molar-refractivity contribution in [3.63, 3.8) is 0 Å². The third-order valence-electron chi connectivity index (χ3n) is 5.26. The van der Waals surface area contributed by atoms with E-state index in [0.717, 1.165) is 36.3 Å². The predicted octanol–water partition coefficient (Wildman–Crippen LogP) is 4.30. The first-order valence-corrected chi connectivity index (χ1v) is 9.40. The second kappa shape index (κ2) is 7.84. The van der Waals surface area contributed by atoms with Crippen LogP contribution >= 0.6 is 0 Å². The zero-order chi connectivity index (χ0) is 20.4. The minimum atomic E-state index is -0.394. The summed E-state index contributed by atoms with van der Waals surface area (Å²) < 4.78 is 2.18. The molecule has 2 heterocycles. The summed E-state index contributed by atoms with van der Waals surface area (Å²) in [6.07, 6.45) is 2.94. The van der Waals surface area contributed by atoms with Gasteiger partial charge in [0.25, 0.3) is 11.4 Å². The second-order valence-corrected chi connectivity index (χ2v) is 7.13. The molecule has 1 aliphatic rings. The van der Waals surface area contributed by atoms with Gasteiger partial charge in [-0.1, -0.05) is 24.3 Å². The van der Waals surface area contributed by atoms with Crippen LogP contribution in [-0.4, -0.2) is 25.9 Å². The lowest BCUT2D eigenvalue weighted by atomic mass is 10.0. The fraction of sp³-hybridized carbons (Fsp3) is 0.238. The number of hydrogen-bond donors (Lipinski definition) is 0. The summed E-state index contributed by atoms with van der Waals surface area (Å²) in [7, 11) is 0. The summed E-state index contributed by atoms with van der Waals surface area (Å²) in [6, 6.07) is 17.2. The number of aryl methyl sites for hydroxylation is 1. The third kappa shape index (κ3) is 3.88. The molecule has 1 unspecified atom stereocenters. The van der Waals surface area contributed by atoms with Crippen molar-refractivity contribution >= 4 is 11.4 Å². The third-order valence-corrected chi connectivity index (χ3v) is 5.26. The Morgan fingerprint density at radius 3 is 2.38 bits per heavy atom. The summed E-state index contributed by atoms with van der Waals surface area (Å²) in [5.74, 6) is 0. The first kappa shape index (κ1) is 18.8. The van der Waals surface area contributed by atoms with E-state index in [1.165, 1.54) is 12.1 Å². The van der Waals surface area contributed by atoms with Gasteiger partial charge < -0.3 is 4.57 Å². The molecule has 1 aromatic heterocycles. The molecule has 2 aromatic carbocycles. The normalized spacial score (nSPS) is 16.8. The Hall–Kier alpha value is -3.52. The molecule has 3 aromatic rings. The van der Waals surface area contributed by atoms with Crippen LogP contribution < -0.4 is 0 Å². The summed E-state index contributed by atoms with van der Waals surface area (Å²) >= 11 is 0. The number of nitro groups is 2. The van der Waals surface area contributed by atoms with Crippen molar-refractivity contribution in [3.05, 3.63) is 104 Å². The lowest BCUT2D eigenvalue weighted by Gasteiger charge is -2.30. The lowest BCUT2D eigenvalue weighted by molar-refractivity contribution is -0.385. The minimum Gasteiger partial charge on any atom is -0.350 e. The minimum absolute atomic E-state index is 0.0557. The first-order valence-electron chi connectivity index (χ1n) is 9.40. The van der Waals surface area contributed by atoms with Gasteiger partial charge >= 0.3 is 0 Å². The van der Waals surface area contributed by atoms with Crippen LogP contribution in [-0.2, 0) is 13.1 Å². The van der Waals surface area contributed by atoms with Crippen LogP contribution in [0.15, 0.2) is 66.9 Å². The average Bonchev–Trinajstić information content (AvgIpc) is 3.09. The zero-order valence-electron chi connectivity index (χ0n) is 15.7. The maximum Gasteiger partial charge on any atom is 0.269 e. The number of nitrogens with zero attached hydrogens (tertiary/aromatic N) is 4. The van der Waals surface area contributed by atoms with Crippen molar-refractivity contribution in [3.8, 4) is 0 Å². The Balaban J connectivity index is 1.75. The summed E-state index contributed by atoms with van der Waals surface area (Å²) in [4.78, 5) is 23.9. The largest absolute Gasteiger partial charge is 0.350 e. The molecule has 0 aliphatic carbocycles. The standard InChI is InChI=1S/C21H20N4O4/c26-24(27)18-7-1-5-16(13-18)15-23-12-4-11-22-10-3-9-20(22)21(23)17-6-2-8-19(14-17)25(28)29/h1-3,5-10,13-14,21H,4,11-12,15H2. The van der Waals surface area contributed by atoms with Crippen molar-refractivity contribution in [1.29, 1.82) is 0 Å². The van der Waals surface area contributed by atoms with E-state index in [4.69, 9.17) is 0 Å². The molecule has 0 radical (unpaired) electrons. The van der Waals surface area contributed by atoms with E-state index in [2.05, 4.69) is 9.47 Å². The molecule has 1 aliphatic heterocycles. The van der Waals surface area contributed by atoms with E-state index in [0.29, 0.717) is 6.54 Å². The molecule has 0 N–H and O–H groups in total. The SMILES string of the molecule is O=[N+]([O-])c1cccc(CN2CCCn3cccc3C2c2cccc([N+](=O)[O-])c2)c1. The highest BCUT2D eigenvalue weighted by Gasteiger charge is 2.28. The van der Waals surface area contributed by atoms with Crippen LogP contribution in [0.2, 0.25) is 0 Å². The van der Waals surface area contributed by atoms with Gasteiger partial charge in [0.1, 0.15) is 0 Å². The zero-order valence-corrected chi connectivity index (χ0v) is 15.7. The van der Waals surface area contributed by atoms with Crippen LogP contribution in [0, 0.1) is 20.2 Å². The topological polar surface area (TPSA) is 94.5 Å². The molecule has 1 atom stereocenters. The molecular formula is C21H20N4O4. The smallest absolute Gasteiger partial charge is 0.269 e. The Morgan fingerprint density at radius 1 is 0.897 bits per heavy atom. The second-order valence-electron chi connectivity index (χ2n) is 7.13. The van der Waals surface area contributed by atoms with Gasteiger partial charge in [0, 0.05) is 55.8 Å². The van der Waals surface area contributed by atoms with E-state index in [1.807, 2.05) is 30.5 Å². The van der Waals surface area contributed by atoms with E-state index in [1.54, 1.807) is 24.3 Å². The first-order chi connectivity index (χ1) is 14.0. The molecule has 0 saturated heterocycles. The number of benzene rings is 2. The average molecular weight is 392 g/mol. The Kier molecular flexibility index (Phi) is 5.09. The number of aromatic nitrogens is 1. The van der Waals surface area contributed by atoms with E-state index in [9.17, 15) is 20.2 Å². The lowest BCUT2D eigenvalue weighted by Crippen LogP contribution is -2.29. The van der Waals surface area contributed by atoms with Gasteiger partial charge in [-0.2, -0.15) is 0 Å². The highest BCUT2D eigenvalue weighted by molar-refractivity contribution is 5.40. The van der Waals surface area contributed by atoms with Crippen LogP contribution in [0.1, 0.15) is 29.3 Å². The molecule has 148 valence electrons. The Morgan fingerprint density at radius 2 is 1.62 bits per heavy atom. The number of hydrogen-bond acceptors (Lipinski definition) is 5. The van der Waals surface area contributed by atoms with Gasteiger partial charge in [-0.25, -0.2) is 0 Å². The Bertz CT molecular complexity index is 1060.